The summed E-state index contributed by atoms with van der Waals surface area (Å²) in [4.78, 5) is 11.6. The Balaban J connectivity index is 2.49. The minimum atomic E-state index is -0.0526. The van der Waals surface area contributed by atoms with Gasteiger partial charge in [0.15, 0.2) is 5.82 Å². The van der Waals surface area contributed by atoms with Crippen LogP contribution in [0.5, 0.6) is 0 Å². The van der Waals surface area contributed by atoms with Gasteiger partial charge in [0.25, 0.3) is 0 Å². The lowest BCUT2D eigenvalue weighted by Gasteiger charge is -2.08. The molecule has 0 saturated carbocycles. The van der Waals surface area contributed by atoms with Crippen molar-refractivity contribution in [2.45, 2.75) is 20.3 Å². The largest absolute Gasteiger partial charge is 0.309 e. The Morgan fingerprint density at radius 1 is 1.67 bits per heavy atom. The molecule has 1 unspecified atom stereocenters. The number of amides is 1. The van der Waals surface area contributed by atoms with E-state index in [1.807, 2.05) is 26.0 Å². The van der Waals surface area contributed by atoms with Crippen LogP contribution in [0.4, 0.5) is 5.82 Å². The number of carbonyl (C=O) groups excluding carboxylic acids is 1. The van der Waals surface area contributed by atoms with Gasteiger partial charge in [0, 0.05) is 12.1 Å². The third kappa shape index (κ3) is 3.89. The van der Waals surface area contributed by atoms with Gasteiger partial charge < -0.3 is 5.32 Å². The van der Waals surface area contributed by atoms with Crippen LogP contribution in [0.1, 0.15) is 20.3 Å². The van der Waals surface area contributed by atoms with Crippen molar-refractivity contribution in [3.05, 3.63) is 30.5 Å². The van der Waals surface area contributed by atoms with Gasteiger partial charge in [-0.2, -0.15) is 5.10 Å². The molecule has 1 aromatic rings. The van der Waals surface area contributed by atoms with Crippen LogP contribution < -0.4 is 5.32 Å². The monoisotopic (exact) mass is 205 g/mol. The zero-order valence-corrected chi connectivity index (χ0v) is 8.97. The van der Waals surface area contributed by atoms with Gasteiger partial charge in [-0.3, -0.25) is 4.79 Å². The van der Waals surface area contributed by atoms with E-state index in [9.17, 15) is 4.79 Å². The fraction of sp³-hybridized carbons (Fsp3) is 0.364. The minimum absolute atomic E-state index is 0.0337. The van der Waals surface area contributed by atoms with E-state index in [2.05, 4.69) is 15.5 Å². The fourth-order valence-corrected chi connectivity index (χ4v) is 1.06. The first-order valence-corrected chi connectivity index (χ1v) is 4.93. The highest BCUT2D eigenvalue weighted by Crippen LogP contribution is 2.07. The molecule has 1 aromatic heterocycles. The fourth-order valence-electron chi connectivity index (χ4n) is 1.06. The van der Waals surface area contributed by atoms with Crippen LogP contribution in [-0.4, -0.2) is 16.1 Å². The molecule has 1 amide bonds. The molecule has 80 valence electrons. The third-order valence-corrected chi connectivity index (χ3v) is 2.00. The molecule has 1 heterocycles. The predicted molar refractivity (Wildman–Crippen MR) is 59.3 cm³/mol. The molecule has 1 rings (SSSR count). The van der Waals surface area contributed by atoms with E-state index in [-0.39, 0.29) is 11.8 Å². The van der Waals surface area contributed by atoms with Crippen LogP contribution >= 0.6 is 0 Å². The van der Waals surface area contributed by atoms with Gasteiger partial charge in [0.05, 0.1) is 0 Å². The molecule has 0 aliphatic carbocycles. The number of rotatable bonds is 4. The van der Waals surface area contributed by atoms with Crippen LogP contribution in [0.2, 0.25) is 0 Å². The normalized spacial score (nSPS) is 12.7. The molecule has 4 nitrogen and oxygen atoms in total. The first kappa shape index (κ1) is 11.4. The maximum absolute atomic E-state index is 11.6. The van der Waals surface area contributed by atoms with E-state index in [1.165, 1.54) is 0 Å². The SMILES string of the molecule is C/C=C/CC(C)C(=O)Nc1cccnn1. The standard InChI is InChI=1S/C11H15N3O/c1-3-4-6-9(2)11(15)13-10-7-5-8-12-14-10/h3-5,7-9H,6H2,1-2H3,(H,13,14,15)/b4-3+. The van der Waals surface area contributed by atoms with Crippen molar-refractivity contribution in [3.63, 3.8) is 0 Å². The Hall–Kier alpha value is -1.71. The van der Waals surface area contributed by atoms with Crippen molar-refractivity contribution in [1.29, 1.82) is 0 Å². The van der Waals surface area contributed by atoms with E-state index in [0.717, 1.165) is 6.42 Å². The summed E-state index contributed by atoms with van der Waals surface area (Å²) < 4.78 is 0. The average molecular weight is 205 g/mol. The van der Waals surface area contributed by atoms with Crippen LogP contribution in [0.15, 0.2) is 30.5 Å². The Labute approximate surface area is 89.4 Å². The van der Waals surface area contributed by atoms with E-state index >= 15 is 0 Å². The zero-order chi connectivity index (χ0) is 11.1. The first-order chi connectivity index (χ1) is 7.24. The summed E-state index contributed by atoms with van der Waals surface area (Å²) >= 11 is 0. The molecule has 0 saturated heterocycles. The minimum Gasteiger partial charge on any atom is -0.309 e. The molecule has 0 fully saturated rings. The van der Waals surface area contributed by atoms with Crippen molar-refractivity contribution in [3.8, 4) is 0 Å². The Kier molecular flexibility index (Phi) is 4.47. The number of anilines is 1. The molecule has 4 heteroatoms. The highest BCUT2D eigenvalue weighted by Gasteiger charge is 2.11. The predicted octanol–water partition coefficient (Wildman–Crippen LogP) is 2.02. The maximum Gasteiger partial charge on any atom is 0.228 e. The Morgan fingerprint density at radius 3 is 3.07 bits per heavy atom. The number of hydrogen-bond donors (Lipinski definition) is 1. The number of nitrogens with zero attached hydrogens (tertiary/aromatic N) is 2. The van der Waals surface area contributed by atoms with E-state index in [0.29, 0.717) is 5.82 Å². The highest BCUT2D eigenvalue weighted by atomic mass is 16.1. The number of carbonyl (C=O) groups is 1. The number of aromatic nitrogens is 2. The van der Waals surface area contributed by atoms with Gasteiger partial charge >= 0.3 is 0 Å². The summed E-state index contributed by atoms with van der Waals surface area (Å²) in [5.41, 5.74) is 0. The van der Waals surface area contributed by atoms with E-state index in [1.54, 1.807) is 18.3 Å². The van der Waals surface area contributed by atoms with Crippen molar-refractivity contribution in [1.82, 2.24) is 10.2 Å². The van der Waals surface area contributed by atoms with E-state index in [4.69, 9.17) is 0 Å². The van der Waals surface area contributed by atoms with Gasteiger partial charge in [0.1, 0.15) is 0 Å². The van der Waals surface area contributed by atoms with Crippen LogP contribution in [0.25, 0.3) is 0 Å². The molecule has 0 radical (unpaired) electrons. The van der Waals surface area contributed by atoms with Crippen LogP contribution in [0, 0.1) is 5.92 Å². The molecule has 0 aromatic carbocycles. The zero-order valence-electron chi connectivity index (χ0n) is 8.97. The Morgan fingerprint density at radius 2 is 2.47 bits per heavy atom. The molecule has 1 atom stereocenters. The lowest BCUT2D eigenvalue weighted by Crippen LogP contribution is -2.20. The Bertz CT molecular complexity index is 335. The molecule has 15 heavy (non-hydrogen) atoms. The summed E-state index contributed by atoms with van der Waals surface area (Å²) in [6, 6.07) is 3.45. The van der Waals surface area contributed by atoms with Gasteiger partial charge in [0.2, 0.25) is 5.91 Å². The molecule has 0 aliphatic rings. The molecule has 0 spiro atoms. The second-order valence-electron chi connectivity index (χ2n) is 3.30. The van der Waals surface area contributed by atoms with Crippen molar-refractivity contribution < 1.29 is 4.79 Å². The van der Waals surface area contributed by atoms with Crippen LogP contribution in [0.3, 0.4) is 0 Å². The number of nitrogens with one attached hydrogen (secondary N) is 1. The van der Waals surface area contributed by atoms with Gasteiger partial charge in [-0.15, -0.1) is 5.10 Å². The maximum atomic E-state index is 11.6. The van der Waals surface area contributed by atoms with Crippen molar-refractivity contribution in [2.24, 2.45) is 5.92 Å². The lowest BCUT2D eigenvalue weighted by molar-refractivity contribution is -0.119. The summed E-state index contributed by atoms with van der Waals surface area (Å²) in [6.07, 6.45) is 6.22. The summed E-state index contributed by atoms with van der Waals surface area (Å²) in [5.74, 6) is 0.409. The molecule has 0 bridgehead atoms. The van der Waals surface area contributed by atoms with Crippen molar-refractivity contribution in [2.75, 3.05) is 5.32 Å². The van der Waals surface area contributed by atoms with E-state index < -0.39 is 0 Å². The molecular formula is C11H15N3O. The second kappa shape index (κ2) is 5.90. The number of hydrogen-bond acceptors (Lipinski definition) is 3. The van der Waals surface area contributed by atoms with Gasteiger partial charge in [-0.1, -0.05) is 19.1 Å². The quantitative estimate of drug-likeness (QED) is 0.765. The van der Waals surface area contributed by atoms with Crippen LogP contribution in [-0.2, 0) is 4.79 Å². The molecular weight excluding hydrogens is 190 g/mol. The van der Waals surface area contributed by atoms with Gasteiger partial charge in [-0.25, -0.2) is 0 Å². The first-order valence-electron chi connectivity index (χ1n) is 4.93. The summed E-state index contributed by atoms with van der Waals surface area (Å²) in [7, 11) is 0. The average Bonchev–Trinajstić information content (AvgIpc) is 2.27. The summed E-state index contributed by atoms with van der Waals surface area (Å²) in [5, 5.41) is 10.2. The molecule has 0 aliphatic heterocycles. The highest BCUT2D eigenvalue weighted by molar-refractivity contribution is 5.91. The lowest BCUT2D eigenvalue weighted by atomic mass is 10.1. The smallest absolute Gasteiger partial charge is 0.228 e. The topological polar surface area (TPSA) is 54.9 Å². The third-order valence-electron chi connectivity index (χ3n) is 2.00. The van der Waals surface area contributed by atoms with Crippen molar-refractivity contribution >= 4 is 11.7 Å². The molecule has 1 N–H and O–H groups in total. The second-order valence-corrected chi connectivity index (χ2v) is 3.30. The number of allylic oxidation sites excluding steroid dienone is 2. The summed E-state index contributed by atoms with van der Waals surface area (Å²) in [6.45, 7) is 3.82. The van der Waals surface area contributed by atoms with Gasteiger partial charge in [-0.05, 0) is 25.5 Å².